The van der Waals surface area contributed by atoms with Crippen molar-refractivity contribution >= 4 is 11.4 Å². The van der Waals surface area contributed by atoms with Crippen LogP contribution in [0.5, 0.6) is 5.75 Å². The van der Waals surface area contributed by atoms with Crippen molar-refractivity contribution in [2.24, 2.45) is 0 Å². The minimum absolute atomic E-state index is 0.0485. The Kier molecular flexibility index (Phi) is 4.30. The molecule has 0 radical (unpaired) electrons. The van der Waals surface area contributed by atoms with Crippen LogP contribution in [0.2, 0.25) is 0 Å². The smallest absolute Gasteiger partial charge is 0.250 e. The molecular formula is C15H19N3O2. The van der Waals surface area contributed by atoms with Gasteiger partial charge in [0.25, 0.3) is 5.56 Å². The molecule has 0 aliphatic heterocycles. The molecule has 0 saturated heterocycles. The average molecular weight is 273 g/mol. The molecule has 1 heterocycles. The van der Waals surface area contributed by atoms with Gasteiger partial charge in [-0.2, -0.15) is 0 Å². The van der Waals surface area contributed by atoms with Crippen LogP contribution in [0.25, 0.3) is 0 Å². The van der Waals surface area contributed by atoms with E-state index in [1.807, 2.05) is 31.3 Å². The predicted molar refractivity (Wildman–Crippen MR) is 81.4 cm³/mol. The van der Waals surface area contributed by atoms with E-state index in [-0.39, 0.29) is 5.56 Å². The number of benzene rings is 1. The van der Waals surface area contributed by atoms with Gasteiger partial charge in [0, 0.05) is 38.1 Å². The van der Waals surface area contributed by atoms with Crippen molar-refractivity contribution in [3.05, 3.63) is 52.9 Å². The number of rotatable bonds is 5. The molecule has 0 fully saturated rings. The molecule has 0 atom stereocenters. The zero-order valence-corrected chi connectivity index (χ0v) is 11.7. The van der Waals surface area contributed by atoms with Crippen molar-refractivity contribution in [1.82, 2.24) is 4.57 Å². The quantitative estimate of drug-likeness (QED) is 0.898. The van der Waals surface area contributed by atoms with Crippen LogP contribution < -0.4 is 20.9 Å². The van der Waals surface area contributed by atoms with Crippen LogP contribution in [0.15, 0.2) is 47.4 Å². The van der Waals surface area contributed by atoms with Gasteiger partial charge in [-0.3, -0.25) is 4.79 Å². The van der Waals surface area contributed by atoms with Gasteiger partial charge in [0.1, 0.15) is 5.75 Å². The van der Waals surface area contributed by atoms with E-state index in [2.05, 4.69) is 4.90 Å². The summed E-state index contributed by atoms with van der Waals surface area (Å²) >= 11 is 0. The Labute approximate surface area is 118 Å². The molecule has 106 valence electrons. The van der Waals surface area contributed by atoms with Crippen molar-refractivity contribution in [2.75, 3.05) is 31.3 Å². The van der Waals surface area contributed by atoms with E-state index in [0.717, 1.165) is 11.4 Å². The topological polar surface area (TPSA) is 60.5 Å². The first-order valence-electron chi connectivity index (χ1n) is 6.42. The fraction of sp³-hybridized carbons (Fsp3) is 0.267. The Balaban J connectivity index is 2.10. The van der Waals surface area contributed by atoms with E-state index < -0.39 is 0 Å². The van der Waals surface area contributed by atoms with E-state index >= 15 is 0 Å². The van der Waals surface area contributed by atoms with E-state index in [4.69, 9.17) is 10.5 Å². The Morgan fingerprint density at radius 1 is 1.25 bits per heavy atom. The minimum atomic E-state index is -0.0485. The number of nitrogens with zero attached hydrogens (tertiary/aromatic N) is 2. The fourth-order valence-corrected chi connectivity index (χ4v) is 2.05. The lowest BCUT2D eigenvalue weighted by molar-refractivity contribution is 0.414. The lowest BCUT2D eigenvalue weighted by Crippen LogP contribution is -2.28. The maximum Gasteiger partial charge on any atom is 0.250 e. The van der Waals surface area contributed by atoms with Crippen molar-refractivity contribution in [3.8, 4) is 5.75 Å². The van der Waals surface area contributed by atoms with Gasteiger partial charge in [0.2, 0.25) is 0 Å². The maximum absolute atomic E-state index is 11.7. The van der Waals surface area contributed by atoms with Crippen molar-refractivity contribution in [3.63, 3.8) is 0 Å². The van der Waals surface area contributed by atoms with Gasteiger partial charge in [0.15, 0.2) is 0 Å². The number of ether oxygens (including phenoxy) is 1. The number of anilines is 2. The normalized spacial score (nSPS) is 10.3. The van der Waals surface area contributed by atoms with Crippen LogP contribution in [-0.2, 0) is 6.54 Å². The summed E-state index contributed by atoms with van der Waals surface area (Å²) in [6, 6.07) is 10.9. The summed E-state index contributed by atoms with van der Waals surface area (Å²) in [6.07, 6.45) is 1.67. The van der Waals surface area contributed by atoms with Gasteiger partial charge in [-0.1, -0.05) is 12.1 Å². The van der Waals surface area contributed by atoms with E-state index in [1.54, 1.807) is 23.9 Å². The highest BCUT2D eigenvalue weighted by molar-refractivity contribution is 5.57. The summed E-state index contributed by atoms with van der Waals surface area (Å²) in [5, 5.41) is 0. The maximum atomic E-state index is 11.7. The molecule has 0 spiro atoms. The molecule has 0 bridgehead atoms. The van der Waals surface area contributed by atoms with E-state index in [0.29, 0.717) is 18.8 Å². The zero-order valence-electron chi connectivity index (χ0n) is 11.7. The number of pyridine rings is 1. The zero-order chi connectivity index (χ0) is 14.5. The van der Waals surface area contributed by atoms with Crippen LogP contribution in [-0.4, -0.2) is 25.3 Å². The largest absolute Gasteiger partial charge is 0.495 e. The Bertz CT molecular complexity index is 637. The highest BCUT2D eigenvalue weighted by Gasteiger charge is 2.07. The minimum Gasteiger partial charge on any atom is -0.495 e. The first kappa shape index (κ1) is 14.0. The predicted octanol–water partition coefficient (Wildman–Crippen LogP) is 1.58. The molecule has 0 unspecified atom stereocenters. The average Bonchev–Trinajstić information content (AvgIpc) is 2.47. The second-order valence-corrected chi connectivity index (χ2v) is 4.59. The van der Waals surface area contributed by atoms with Gasteiger partial charge < -0.3 is 19.9 Å². The number of nitrogens with two attached hydrogens (primary N) is 1. The molecule has 2 rings (SSSR count). The summed E-state index contributed by atoms with van der Waals surface area (Å²) in [4.78, 5) is 13.8. The standard InChI is InChI=1S/C15H19N3O2/c1-17(13-5-3-4-6-14(13)20-2)9-10-18-11-12(16)7-8-15(18)19/h3-8,11H,9-10,16H2,1-2H3. The number of para-hydroxylation sites is 2. The van der Waals surface area contributed by atoms with Crippen molar-refractivity contribution < 1.29 is 4.74 Å². The highest BCUT2D eigenvalue weighted by Crippen LogP contribution is 2.26. The van der Waals surface area contributed by atoms with E-state index in [1.165, 1.54) is 6.07 Å². The third-order valence-electron chi connectivity index (χ3n) is 3.18. The number of hydrogen-bond acceptors (Lipinski definition) is 4. The Hall–Kier alpha value is -2.43. The van der Waals surface area contributed by atoms with E-state index in [9.17, 15) is 4.79 Å². The van der Waals surface area contributed by atoms with Gasteiger partial charge in [-0.25, -0.2) is 0 Å². The molecule has 2 aromatic rings. The summed E-state index contributed by atoms with van der Waals surface area (Å²) in [5.74, 6) is 0.815. The van der Waals surface area contributed by atoms with Crippen LogP contribution >= 0.6 is 0 Å². The third kappa shape index (κ3) is 3.12. The Morgan fingerprint density at radius 3 is 2.75 bits per heavy atom. The summed E-state index contributed by atoms with van der Waals surface area (Å²) in [6.45, 7) is 1.25. The molecule has 0 aliphatic rings. The number of nitrogen functional groups attached to an aromatic ring is 1. The Morgan fingerprint density at radius 2 is 2.00 bits per heavy atom. The van der Waals surface area contributed by atoms with Crippen LogP contribution in [0.3, 0.4) is 0 Å². The van der Waals surface area contributed by atoms with Crippen LogP contribution in [0.4, 0.5) is 11.4 Å². The van der Waals surface area contributed by atoms with Gasteiger partial charge >= 0.3 is 0 Å². The van der Waals surface area contributed by atoms with Gasteiger partial charge in [0.05, 0.1) is 12.8 Å². The lowest BCUT2D eigenvalue weighted by Gasteiger charge is -2.22. The number of likely N-dealkylation sites (N-methyl/N-ethyl adjacent to an activating group) is 1. The highest BCUT2D eigenvalue weighted by atomic mass is 16.5. The van der Waals surface area contributed by atoms with Crippen molar-refractivity contribution in [2.45, 2.75) is 6.54 Å². The molecule has 20 heavy (non-hydrogen) atoms. The fourth-order valence-electron chi connectivity index (χ4n) is 2.05. The molecule has 0 amide bonds. The monoisotopic (exact) mass is 273 g/mol. The summed E-state index contributed by atoms with van der Waals surface area (Å²) in [7, 11) is 3.62. The number of hydrogen-bond donors (Lipinski definition) is 1. The lowest BCUT2D eigenvalue weighted by atomic mass is 10.2. The molecule has 2 N–H and O–H groups in total. The number of methoxy groups -OCH3 is 1. The molecule has 5 heteroatoms. The van der Waals surface area contributed by atoms with Gasteiger partial charge in [-0.05, 0) is 18.2 Å². The third-order valence-corrected chi connectivity index (χ3v) is 3.18. The van der Waals surface area contributed by atoms with Crippen LogP contribution in [0, 0.1) is 0 Å². The van der Waals surface area contributed by atoms with Gasteiger partial charge in [-0.15, -0.1) is 0 Å². The molecule has 1 aromatic heterocycles. The number of aromatic nitrogens is 1. The van der Waals surface area contributed by atoms with Crippen LogP contribution in [0.1, 0.15) is 0 Å². The molecule has 0 saturated carbocycles. The first-order valence-corrected chi connectivity index (χ1v) is 6.42. The molecule has 5 nitrogen and oxygen atoms in total. The SMILES string of the molecule is COc1ccccc1N(C)CCn1cc(N)ccc1=O. The molecule has 0 aliphatic carbocycles. The van der Waals surface area contributed by atoms with Crippen molar-refractivity contribution in [1.29, 1.82) is 0 Å². The molecule has 1 aromatic carbocycles. The second-order valence-electron chi connectivity index (χ2n) is 4.59. The summed E-state index contributed by atoms with van der Waals surface area (Å²) in [5.41, 5.74) is 7.23. The molecular weight excluding hydrogens is 254 g/mol. The first-order chi connectivity index (χ1) is 9.61. The summed E-state index contributed by atoms with van der Waals surface area (Å²) < 4.78 is 6.94. The second kappa shape index (κ2) is 6.14.